The Hall–Kier alpha value is -3.48. The molecule has 0 bridgehead atoms. The van der Waals surface area contributed by atoms with Crippen molar-refractivity contribution in [2.45, 2.75) is 13.3 Å². The quantitative estimate of drug-likeness (QED) is 0.670. The van der Waals surface area contributed by atoms with Crippen LogP contribution in [0.2, 0.25) is 0 Å². The number of amides is 2. The van der Waals surface area contributed by atoms with Crippen molar-refractivity contribution in [3.8, 4) is 5.69 Å². The molecule has 1 fully saturated rings. The van der Waals surface area contributed by atoms with Gasteiger partial charge in [-0.05, 0) is 55.0 Å². The molecule has 0 radical (unpaired) electrons. The number of rotatable bonds is 4. The van der Waals surface area contributed by atoms with Crippen molar-refractivity contribution in [1.29, 1.82) is 0 Å². The zero-order valence-corrected chi connectivity index (χ0v) is 16.8. The summed E-state index contributed by atoms with van der Waals surface area (Å²) >= 11 is 0. The van der Waals surface area contributed by atoms with E-state index in [0.717, 1.165) is 16.9 Å². The largest absolute Gasteiger partial charge is 0.339 e. The molecular formula is C23H23FN4O2. The normalized spacial score (nSPS) is 14.1. The number of aromatic nitrogens is 2. The van der Waals surface area contributed by atoms with Crippen molar-refractivity contribution < 1.29 is 14.0 Å². The fourth-order valence-electron chi connectivity index (χ4n) is 3.62. The summed E-state index contributed by atoms with van der Waals surface area (Å²) < 4.78 is 14.8. The van der Waals surface area contributed by atoms with Gasteiger partial charge in [0, 0.05) is 43.6 Å². The molecule has 1 aliphatic rings. The Bertz CT molecular complexity index is 1040. The first-order valence-electron chi connectivity index (χ1n) is 9.94. The number of carbonyl (C=O) groups is 2. The lowest BCUT2D eigenvalue weighted by Gasteiger charge is -2.35. The maximum absolute atomic E-state index is 13.0. The van der Waals surface area contributed by atoms with E-state index in [4.69, 9.17) is 0 Å². The number of piperazine rings is 1. The Morgan fingerprint density at radius 1 is 0.900 bits per heavy atom. The van der Waals surface area contributed by atoms with Crippen LogP contribution in [0, 0.1) is 12.7 Å². The van der Waals surface area contributed by atoms with E-state index in [2.05, 4.69) is 5.10 Å². The summed E-state index contributed by atoms with van der Waals surface area (Å²) in [5.41, 5.74) is 3.34. The zero-order chi connectivity index (χ0) is 21.1. The molecule has 0 spiro atoms. The van der Waals surface area contributed by atoms with Crippen LogP contribution >= 0.6 is 0 Å². The molecule has 3 aromatic rings. The first-order valence-corrected chi connectivity index (χ1v) is 9.94. The second-order valence-corrected chi connectivity index (χ2v) is 7.41. The molecule has 0 aliphatic carbocycles. The van der Waals surface area contributed by atoms with Gasteiger partial charge in [-0.25, -0.2) is 9.07 Å². The van der Waals surface area contributed by atoms with Gasteiger partial charge in [0.1, 0.15) is 5.82 Å². The molecule has 1 saturated heterocycles. The molecule has 30 heavy (non-hydrogen) atoms. The molecule has 0 saturated carbocycles. The number of hydrogen-bond acceptors (Lipinski definition) is 3. The molecule has 7 heteroatoms. The van der Waals surface area contributed by atoms with Gasteiger partial charge in [-0.3, -0.25) is 9.59 Å². The average Bonchev–Trinajstić information content (AvgIpc) is 3.21. The number of halogens is 1. The average molecular weight is 406 g/mol. The number of benzene rings is 2. The van der Waals surface area contributed by atoms with Crippen molar-refractivity contribution in [3.63, 3.8) is 0 Å². The summed E-state index contributed by atoms with van der Waals surface area (Å²) in [5.74, 6) is -0.358. The van der Waals surface area contributed by atoms with Gasteiger partial charge in [0.25, 0.3) is 5.91 Å². The van der Waals surface area contributed by atoms with Crippen LogP contribution in [0.25, 0.3) is 5.69 Å². The number of aryl methyl sites for hydroxylation is 1. The van der Waals surface area contributed by atoms with E-state index < -0.39 is 0 Å². The fourth-order valence-corrected chi connectivity index (χ4v) is 3.62. The van der Waals surface area contributed by atoms with Gasteiger partial charge in [-0.2, -0.15) is 5.10 Å². The minimum Gasteiger partial charge on any atom is -0.339 e. The predicted octanol–water partition coefficient (Wildman–Crippen LogP) is 2.85. The summed E-state index contributed by atoms with van der Waals surface area (Å²) in [6, 6.07) is 15.3. The summed E-state index contributed by atoms with van der Waals surface area (Å²) in [7, 11) is 0. The van der Waals surface area contributed by atoms with Gasteiger partial charge in [0.2, 0.25) is 5.91 Å². The van der Waals surface area contributed by atoms with Crippen molar-refractivity contribution >= 4 is 11.8 Å². The molecule has 0 atom stereocenters. The Morgan fingerprint density at radius 3 is 2.13 bits per heavy atom. The van der Waals surface area contributed by atoms with Crippen LogP contribution in [0.15, 0.2) is 60.8 Å². The van der Waals surface area contributed by atoms with E-state index in [1.807, 2.05) is 41.9 Å². The second kappa shape index (κ2) is 8.49. The molecule has 2 heterocycles. The summed E-state index contributed by atoms with van der Waals surface area (Å²) in [6.07, 6.45) is 1.98. The van der Waals surface area contributed by atoms with Crippen LogP contribution in [0.1, 0.15) is 21.6 Å². The third-order valence-corrected chi connectivity index (χ3v) is 5.38. The SMILES string of the molecule is Cc1ccnn1-c1ccc(C(=O)N2CCN(C(=O)Cc3ccc(F)cc3)CC2)cc1. The standard InChI is InChI=1S/C23H23FN4O2/c1-17-10-11-25-28(17)21-8-4-19(5-9-21)23(30)27-14-12-26(13-15-27)22(29)16-18-2-6-20(24)7-3-18/h2-11H,12-16H2,1H3. The fraction of sp³-hybridized carbons (Fsp3) is 0.261. The molecule has 2 aromatic carbocycles. The first kappa shape index (κ1) is 19.8. The maximum Gasteiger partial charge on any atom is 0.253 e. The van der Waals surface area contributed by atoms with Crippen LogP contribution in [-0.2, 0) is 11.2 Å². The molecule has 4 rings (SSSR count). The number of hydrogen-bond donors (Lipinski definition) is 0. The van der Waals surface area contributed by atoms with E-state index in [9.17, 15) is 14.0 Å². The number of nitrogens with zero attached hydrogens (tertiary/aromatic N) is 4. The lowest BCUT2D eigenvalue weighted by molar-refractivity contribution is -0.131. The third kappa shape index (κ3) is 4.25. The smallest absolute Gasteiger partial charge is 0.253 e. The molecule has 0 unspecified atom stereocenters. The van der Waals surface area contributed by atoms with Crippen molar-refractivity contribution in [2.24, 2.45) is 0 Å². The second-order valence-electron chi connectivity index (χ2n) is 7.41. The molecular weight excluding hydrogens is 383 g/mol. The van der Waals surface area contributed by atoms with Gasteiger partial charge in [-0.1, -0.05) is 12.1 Å². The lowest BCUT2D eigenvalue weighted by Crippen LogP contribution is -2.51. The van der Waals surface area contributed by atoms with Gasteiger partial charge in [0.15, 0.2) is 0 Å². The van der Waals surface area contributed by atoms with Crippen molar-refractivity contribution in [1.82, 2.24) is 19.6 Å². The predicted molar refractivity (Wildman–Crippen MR) is 111 cm³/mol. The van der Waals surface area contributed by atoms with Gasteiger partial charge < -0.3 is 9.80 Å². The molecule has 0 N–H and O–H groups in total. The molecule has 2 amide bonds. The Morgan fingerprint density at radius 2 is 1.53 bits per heavy atom. The highest BCUT2D eigenvalue weighted by atomic mass is 19.1. The van der Waals surface area contributed by atoms with Crippen LogP contribution < -0.4 is 0 Å². The van der Waals surface area contributed by atoms with Crippen LogP contribution in [0.5, 0.6) is 0 Å². The van der Waals surface area contributed by atoms with Gasteiger partial charge in [0.05, 0.1) is 12.1 Å². The van der Waals surface area contributed by atoms with Crippen LogP contribution in [0.4, 0.5) is 4.39 Å². The molecule has 1 aliphatic heterocycles. The van der Waals surface area contributed by atoms with Gasteiger partial charge >= 0.3 is 0 Å². The zero-order valence-electron chi connectivity index (χ0n) is 16.8. The Labute approximate surface area is 174 Å². The number of carbonyl (C=O) groups excluding carboxylic acids is 2. The highest BCUT2D eigenvalue weighted by Gasteiger charge is 2.25. The molecule has 6 nitrogen and oxygen atoms in total. The third-order valence-electron chi connectivity index (χ3n) is 5.38. The minimum absolute atomic E-state index is 0.00680. The highest BCUT2D eigenvalue weighted by molar-refractivity contribution is 5.94. The molecule has 154 valence electrons. The van der Waals surface area contributed by atoms with E-state index in [-0.39, 0.29) is 24.1 Å². The summed E-state index contributed by atoms with van der Waals surface area (Å²) in [5, 5.41) is 4.27. The van der Waals surface area contributed by atoms with Crippen molar-refractivity contribution in [3.05, 3.63) is 83.4 Å². The topological polar surface area (TPSA) is 58.4 Å². The summed E-state index contributed by atoms with van der Waals surface area (Å²) in [4.78, 5) is 28.9. The van der Waals surface area contributed by atoms with E-state index in [1.165, 1.54) is 12.1 Å². The van der Waals surface area contributed by atoms with E-state index in [0.29, 0.717) is 31.7 Å². The Balaban J connectivity index is 1.33. The van der Waals surface area contributed by atoms with E-state index in [1.54, 1.807) is 28.1 Å². The van der Waals surface area contributed by atoms with Gasteiger partial charge in [-0.15, -0.1) is 0 Å². The van der Waals surface area contributed by atoms with Crippen LogP contribution in [-0.4, -0.2) is 57.6 Å². The molecule has 1 aromatic heterocycles. The first-order chi connectivity index (χ1) is 14.5. The Kier molecular flexibility index (Phi) is 5.61. The summed E-state index contributed by atoms with van der Waals surface area (Å²) in [6.45, 7) is 3.96. The minimum atomic E-state index is -0.314. The monoisotopic (exact) mass is 406 g/mol. The highest BCUT2D eigenvalue weighted by Crippen LogP contribution is 2.15. The lowest BCUT2D eigenvalue weighted by atomic mass is 10.1. The maximum atomic E-state index is 13.0. The van der Waals surface area contributed by atoms with Crippen LogP contribution in [0.3, 0.4) is 0 Å². The van der Waals surface area contributed by atoms with E-state index >= 15 is 0 Å². The van der Waals surface area contributed by atoms with Crippen molar-refractivity contribution in [2.75, 3.05) is 26.2 Å².